The summed E-state index contributed by atoms with van der Waals surface area (Å²) in [5.74, 6) is 0.109. The molecule has 0 spiro atoms. The summed E-state index contributed by atoms with van der Waals surface area (Å²) in [5.41, 5.74) is 1.33. The molecule has 6 heteroatoms. The molecule has 0 radical (unpaired) electrons. The maximum Gasteiger partial charge on any atom is 0.251 e. The molecule has 2 N–H and O–H groups in total. The van der Waals surface area contributed by atoms with Gasteiger partial charge in [-0.2, -0.15) is 0 Å². The summed E-state index contributed by atoms with van der Waals surface area (Å²) in [6.45, 7) is 0.262. The predicted molar refractivity (Wildman–Crippen MR) is 88.6 cm³/mol. The van der Waals surface area contributed by atoms with E-state index in [9.17, 15) is 9.59 Å². The second kappa shape index (κ2) is 8.19. The molecule has 0 aromatic heterocycles. The van der Waals surface area contributed by atoms with E-state index in [0.29, 0.717) is 17.1 Å². The first-order valence-electron chi connectivity index (χ1n) is 7.02. The first-order chi connectivity index (χ1) is 11.1. The molecule has 2 aromatic rings. The van der Waals surface area contributed by atoms with E-state index in [4.69, 9.17) is 16.3 Å². The van der Waals surface area contributed by atoms with Crippen LogP contribution >= 0.6 is 11.6 Å². The standard InChI is InChI=1S/C17H17ClN2O3/c1-23-15-7-2-4-12(8-15)10-19-16(21)11-20-17(22)13-5-3-6-14(18)9-13/h2-9H,10-11H2,1H3,(H,19,21)(H,20,22). The Bertz CT molecular complexity index is 704. The third-order valence-corrected chi connectivity index (χ3v) is 3.36. The quantitative estimate of drug-likeness (QED) is 0.853. The maximum absolute atomic E-state index is 11.9. The molecular weight excluding hydrogens is 316 g/mol. The molecular formula is C17H17ClN2O3. The van der Waals surface area contributed by atoms with Crippen molar-refractivity contribution in [2.24, 2.45) is 0 Å². The summed E-state index contributed by atoms with van der Waals surface area (Å²) in [7, 11) is 1.59. The Morgan fingerprint density at radius 3 is 2.61 bits per heavy atom. The summed E-state index contributed by atoms with van der Waals surface area (Å²) < 4.78 is 5.12. The summed E-state index contributed by atoms with van der Waals surface area (Å²) in [6.07, 6.45) is 0. The predicted octanol–water partition coefficient (Wildman–Crippen LogP) is 2.39. The minimum atomic E-state index is -0.343. The lowest BCUT2D eigenvalue weighted by Gasteiger charge is -2.08. The SMILES string of the molecule is COc1cccc(CNC(=O)CNC(=O)c2cccc(Cl)c2)c1. The van der Waals surface area contributed by atoms with Crippen LogP contribution in [0, 0.1) is 0 Å². The van der Waals surface area contributed by atoms with E-state index in [0.717, 1.165) is 11.3 Å². The molecule has 0 bridgehead atoms. The van der Waals surface area contributed by atoms with Crippen molar-refractivity contribution in [3.8, 4) is 5.75 Å². The van der Waals surface area contributed by atoms with E-state index >= 15 is 0 Å². The molecule has 23 heavy (non-hydrogen) atoms. The number of nitrogens with one attached hydrogen (secondary N) is 2. The zero-order valence-corrected chi connectivity index (χ0v) is 13.4. The largest absolute Gasteiger partial charge is 0.497 e. The van der Waals surface area contributed by atoms with Crippen LogP contribution in [0.15, 0.2) is 48.5 Å². The third kappa shape index (κ3) is 5.30. The van der Waals surface area contributed by atoms with E-state index in [-0.39, 0.29) is 18.4 Å². The lowest BCUT2D eigenvalue weighted by Crippen LogP contribution is -2.36. The van der Waals surface area contributed by atoms with Crippen molar-refractivity contribution in [2.75, 3.05) is 13.7 Å². The van der Waals surface area contributed by atoms with Crippen molar-refractivity contribution in [1.82, 2.24) is 10.6 Å². The van der Waals surface area contributed by atoms with Crippen LogP contribution in [-0.4, -0.2) is 25.5 Å². The number of ether oxygens (including phenoxy) is 1. The Hall–Kier alpha value is -2.53. The monoisotopic (exact) mass is 332 g/mol. The Morgan fingerprint density at radius 1 is 1.09 bits per heavy atom. The molecule has 2 aromatic carbocycles. The van der Waals surface area contributed by atoms with Gasteiger partial charge >= 0.3 is 0 Å². The molecule has 0 atom stereocenters. The lowest BCUT2D eigenvalue weighted by molar-refractivity contribution is -0.120. The van der Waals surface area contributed by atoms with Gasteiger partial charge in [-0.05, 0) is 35.9 Å². The number of halogens is 1. The highest BCUT2D eigenvalue weighted by atomic mass is 35.5. The number of methoxy groups -OCH3 is 1. The van der Waals surface area contributed by atoms with Gasteiger partial charge in [0.05, 0.1) is 13.7 Å². The van der Waals surface area contributed by atoms with Gasteiger partial charge in [-0.3, -0.25) is 9.59 Å². The van der Waals surface area contributed by atoms with Crippen LogP contribution < -0.4 is 15.4 Å². The minimum Gasteiger partial charge on any atom is -0.497 e. The topological polar surface area (TPSA) is 67.4 Å². The van der Waals surface area contributed by atoms with Gasteiger partial charge in [0.25, 0.3) is 5.91 Å². The molecule has 0 aliphatic rings. The highest BCUT2D eigenvalue weighted by Crippen LogP contribution is 2.12. The number of amides is 2. The zero-order chi connectivity index (χ0) is 16.7. The highest BCUT2D eigenvalue weighted by molar-refractivity contribution is 6.30. The number of carbonyl (C=O) groups is 2. The Morgan fingerprint density at radius 2 is 1.87 bits per heavy atom. The van der Waals surface area contributed by atoms with Gasteiger partial charge in [-0.25, -0.2) is 0 Å². The van der Waals surface area contributed by atoms with Gasteiger partial charge in [-0.1, -0.05) is 29.8 Å². The van der Waals surface area contributed by atoms with Crippen molar-refractivity contribution >= 4 is 23.4 Å². The molecule has 0 fully saturated rings. The molecule has 5 nitrogen and oxygen atoms in total. The number of rotatable bonds is 6. The van der Waals surface area contributed by atoms with Gasteiger partial charge < -0.3 is 15.4 Å². The van der Waals surface area contributed by atoms with Crippen LogP contribution in [0.25, 0.3) is 0 Å². The van der Waals surface area contributed by atoms with E-state index in [2.05, 4.69) is 10.6 Å². The van der Waals surface area contributed by atoms with Crippen LogP contribution in [0.4, 0.5) is 0 Å². The fourth-order valence-electron chi connectivity index (χ4n) is 1.94. The van der Waals surface area contributed by atoms with Crippen LogP contribution in [0.5, 0.6) is 5.75 Å². The zero-order valence-electron chi connectivity index (χ0n) is 12.6. The van der Waals surface area contributed by atoms with Crippen molar-refractivity contribution in [3.63, 3.8) is 0 Å². The molecule has 2 rings (SSSR count). The Kier molecular flexibility index (Phi) is 6.00. The third-order valence-electron chi connectivity index (χ3n) is 3.12. The number of hydrogen-bond acceptors (Lipinski definition) is 3. The Balaban J connectivity index is 1.79. The van der Waals surface area contributed by atoms with Crippen molar-refractivity contribution in [1.29, 1.82) is 0 Å². The van der Waals surface area contributed by atoms with Gasteiger partial charge in [0.1, 0.15) is 5.75 Å². The maximum atomic E-state index is 11.9. The molecule has 120 valence electrons. The van der Waals surface area contributed by atoms with Crippen molar-refractivity contribution in [2.45, 2.75) is 6.54 Å². The van der Waals surface area contributed by atoms with Crippen molar-refractivity contribution < 1.29 is 14.3 Å². The normalized spacial score (nSPS) is 10.0. The summed E-state index contributed by atoms with van der Waals surface area (Å²) in [4.78, 5) is 23.7. The highest BCUT2D eigenvalue weighted by Gasteiger charge is 2.08. The van der Waals surface area contributed by atoms with Gasteiger partial charge in [-0.15, -0.1) is 0 Å². The molecule has 0 aliphatic heterocycles. The molecule has 0 saturated heterocycles. The van der Waals surface area contributed by atoms with E-state index in [1.807, 2.05) is 24.3 Å². The second-order valence-electron chi connectivity index (χ2n) is 4.82. The summed E-state index contributed by atoms with van der Waals surface area (Å²) in [5, 5.41) is 5.76. The average molecular weight is 333 g/mol. The summed E-state index contributed by atoms with van der Waals surface area (Å²) >= 11 is 5.82. The van der Waals surface area contributed by atoms with Crippen molar-refractivity contribution in [3.05, 3.63) is 64.7 Å². The number of carbonyl (C=O) groups excluding carboxylic acids is 2. The van der Waals surface area contributed by atoms with Gasteiger partial charge in [0.15, 0.2) is 0 Å². The number of benzene rings is 2. The van der Waals surface area contributed by atoms with Gasteiger partial charge in [0, 0.05) is 17.1 Å². The fraction of sp³-hybridized carbons (Fsp3) is 0.176. The fourth-order valence-corrected chi connectivity index (χ4v) is 2.13. The molecule has 0 aliphatic carbocycles. The Labute approximate surface area is 139 Å². The van der Waals surface area contributed by atoms with E-state index in [1.54, 1.807) is 31.4 Å². The molecule has 2 amide bonds. The first-order valence-corrected chi connectivity index (χ1v) is 7.39. The van der Waals surface area contributed by atoms with Gasteiger partial charge in [0.2, 0.25) is 5.91 Å². The smallest absolute Gasteiger partial charge is 0.251 e. The van der Waals surface area contributed by atoms with E-state index < -0.39 is 0 Å². The van der Waals surface area contributed by atoms with Crippen LogP contribution in [0.1, 0.15) is 15.9 Å². The molecule has 0 unspecified atom stereocenters. The molecule has 0 saturated carbocycles. The van der Waals surface area contributed by atoms with Crippen LogP contribution in [0.2, 0.25) is 5.02 Å². The minimum absolute atomic E-state index is 0.102. The number of hydrogen-bond donors (Lipinski definition) is 2. The molecule has 0 heterocycles. The van der Waals surface area contributed by atoms with E-state index in [1.165, 1.54) is 0 Å². The van der Waals surface area contributed by atoms with Crippen LogP contribution in [0.3, 0.4) is 0 Å². The average Bonchev–Trinajstić information content (AvgIpc) is 2.58. The second-order valence-corrected chi connectivity index (χ2v) is 5.26. The lowest BCUT2D eigenvalue weighted by atomic mass is 10.2. The van der Waals surface area contributed by atoms with Crippen LogP contribution in [-0.2, 0) is 11.3 Å². The first kappa shape index (κ1) is 16.8. The summed E-state index contributed by atoms with van der Waals surface area (Å²) in [6, 6.07) is 13.9.